The minimum atomic E-state index is -0.257. The molecule has 3 aliphatic rings. The molecule has 2 N–H and O–H groups in total. The number of aliphatic imine (C=N–C) groups is 1. The number of anilines is 3. The van der Waals surface area contributed by atoms with E-state index in [0.717, 1.165) is 49.3 Å². The van der Waals surface area contributed by atoms with E-state index in [1.165, 1.54) is 7.11 Å². The monoisotopic (exact) mass is 691 g/mol. The van der Waals surface area contributed by atoms with Gasteiger partial charge in [0.1, 0.15) is 11.5 Å². The lowest BCUT2D eigenvalue weighted by Gasteiger charge is -2.28. The Bertz CT molecular complexity index is 1930. The molecule has 0 aliphatic carbocycles. The normalized spacial score (nSPS) is 16.7. The van der Waals surface area contributed by atoms with Gasteiger partial charge in [0.2, 0.25) is 5.91 Å². The first-order valence-electron chi connectivity index (χ1n) is 17.2. The first-order valence-corrected chi connectivity index (χ1v) is 17.2. The van der Waals surface area contributed by atoms with E-state index in [-0.39, 0.29) is 36.8 Å². The van der Waals surface area contributed by atoms with Crippen LogP contribution in [0.2, 0.25) is 0 Å². The molecular formula is C38H41N7O6. The van der Waals surface area contributed by atoms with Crippen molar-refractivity contribution in [3.8, 4) is 22.6 Å². The summed E-state index contributed by atoms with van der Waals surface area (Å²) >= 11 is 0. The molecule has 13 heteroatoms. The molecule has 4 aromatic rings. The molecule has 0 bridgehead atoms. The van der Waals surface area contributed by atoms with Gasteiger partial charge in [-0.2, -0.15) is 0 Å². The topological polar surface area (TPSA) is 140 Å². The lowest BCUT2D eigenvalue weighted by Crippen LogP contribution is -2.36. The summed E-state index contributed by atoms with van der Waals surface area (Å²) < 4.78 is 18.7. The Kier molecular flexibility index (Phi) is 9.97. The van der Waals surface area contributed by atoms with Crippen molar-refractivity contribution >= 4 is 46.8 Å². The minimum Gasteiger partial charge on any atom is -0.493 e. The Morgan fingerprint density at radius 3 is 2.57 bits per heavy atom. The molecule has 0 spiro atoms. The predicted octanol–water partition coefficient (Wildman–Crippen LogP) is 5.30. The van der Waals surface area contributed by atoms with Crippen LogP contribution < -0.4 is 25.0 Å². The molecule has 0 radical (unpaired) electrons. The number of ether oxygens (including phenoxy) is 3. The first kappa shape index (κ1) is 33.8. The van der Waals surface area contributed by atoms with Gasteiger partial charge < -0.3 is 39.2 Å². The Balaban J connectivity index is 0.894. The number of hydrogen-bond acceptors (Lipinski definition) is 9. The van der Waals surface area contributed by atoms with Crippen molar-refractivity contribution in [2.45, 2.75) is 31.7 Å². The summed E-state index contributed by atoms with van der Waals surface area (Å²) in [7, 11) is 3.36. The number of hydrogen-bond donors (Lipinski definition) is 2. The number of aromatic nitrogens is 2. The molecule has 51 heavy (non-hydrogen) atoms. The van der Waals surface area contributed by atoms with E-state index >= 15 is 0 Å². The van der Waals surface area contributed by atoms with Gasteiger partial charge >= 0.3 is 0 Å². The van der Waals surface area contributed by atoms with Gasteiger partial charge in [-0.25, -0.2) is 4.98 Å². The van der Waals surface area contributed by atoms with Crippen LogP contribution in [-0.2, 0) is 16.6 Å². The molecule has 1 atom stereocenters. The summed E-state index contributed by atoms with van der Waals surface area (Å²) in [4.78, 5) is 52.0. The van der Waals surface area contributed by atoms with Crippen molar-refractivity contribution in [2.24, 2.45) is 12.0 Å². The summed E-state index contributed by atoms with van der Waals surface area (Å²) in [5.41, 5.74) is 5.00. The number of aryl methyl sites for hydroxylation is 1. The summed E-state index contributed by atoms with van der Waals surface area (Å²) in [6.07, 6.45) is 8.11. The van der Waals surface area contributed by atoms with Crippen LogP contribution in [-0.4, -0.2) is 91.0 Å². The average Bonchev–Trinajstić information content (AvgIpc) is 3.77. The van der Waals surface area contributed by atoms with Gasteiger partial charge in [0.15, 0.2) is 11.5 Å². The number of methoxy groups -OCH3 is 1. The van der Waals surface area contributed by atoms with Crippen molar-refractivity contribution in [3.63, 3.8) is 0 Å². The van der Waals surface area contributed by atoms with E-state index < -0.39 is 0 Å². The smallest absolute Gasteiger partial charge is 0.273 e. The van der Waals surface area contributed by atoms with E-state index in [4.69, 9.17) is 14.2 Å². The van der Waals surface area contributed by atoms with Gasteiger partial charge in [0, 0.05) is 62.8 Å². The van der Waals surface area contributed by atoms with Crippen LogP contribution >= 0.6 is 0 Å². The molecule has 2 fully saturated rings. The van der Waals surface area contributed by atoms with Crippen LogP contribution in [0, 0.1) is 0 Å². The average molecular weight is 692 g/mol. The number of fused-ring (bicyclic) bond motifs is 2. The van der Waals surface area contributed by atoms with Crippen molar-refractivity contribution in [2.75, 3.05) is 62.1 Å². The fourth-order valence-electron chi connectivity index (χ4n) is 6.60. The van der Waals surface area contributed by atoms with E-state index in [9.17, 15) is 14.4 Å². The van der Waals surface area contributed by atoms with Gasteiger partial charge in [0.25, 0.3) is 11.8 Å². The van der Waals surface area contributed by atoms with Crippen molar-refractivity contribution < 1.29 is 28.6 Å². The highest BCUT2D eigenvalue weighted by Gasteiger charge is 2.32. The number of nitrogens with zero attached hydrogens (tertiary/aromatic N) is 5. The zero-order chi connectivity index (χ0) is 35.3. The number of pyridine rings is 1. The molecule has 0 saturated carbocycles. The zero-order valence-electron chi connectivity index (χ0n) is 28.8. The van der Waals surface area contributed by atoms with Gasteiger partial charge in [-0.05, 0) is 61.2 Å². The SMILES string of the molecule is COc1cc2c(cc1OCCCC(=O)Nc1ccc(-c3cc(C(=O)Nc4ccc(N5CCOCC5)cn4)n(C)c3)cc1)N=C[C@@H]1CCCN1C2=O. The number of carbonyl (C=O) groups excluding carboxylic acids is 3. The van der Waals surface area contributed by atoms with Gasteiger partial charge in [0.05, 0.1) is 56.1 Å². The summed E-state index contributed by atoms with van der Waals surface area (Å²) in [5, 5.41) is 5.82. The standard InChI is InChI=1S/C38H41N7O6/c1-43-24-26(19-32(43)37(47)42-35-12-11-28(22-40-35)44-14-17-50-18-15-44)25-7-9-27(10-8-25)41-36(46)6-4-16-51-34-21-31-30(20-33(34)49-2)38(48)45-13-3-5-29(45)23-39-31/h7-12,19-24,29H,3-6,13-18H2,1-2H3,(H,41,46)(H,40,42,47)/t29-/m0/s1. The van der Waals surface area contributed by atoms with Crippen molar-refractivity contribution in [3.05, 3.63) is 78.2 Å². The Morgan fingerprint density at radius 1 is 0.980 bits per heavy atom. The van der Waals surface area contributed by atoms with Crippen LogP contribution in [0.1, 0.15) is 46.5 Å². The summed E-state index contributed by atoms with van der Waals surface area (Å²) in [5.74, 6) is 0.977. The molecule has 2 aromatic carbocycles. The lowest BCUT2D eigenvalue weighted by molar-refractivity contribution is -0.116. The quantitative estimate of drug-likeness (QED) is 0.202. The van der Waals surface area contributed by atoms with Gasteiger partial charge in [-0.3, -0.25) is 19.4 Å². The maximum atomic E-state index is 13.1. The second kappa shape index (κ2) is 15.1. The molecule has 13 nitrogen and oxygen atoms in total. The highest BCUT2D eigenvalue weighted by atomic mass is 16.5. The van der Waals surface area contributed by atoms with Crippen molar-refractivity contribution in [1.82, 2.24) is 14.5 Å². The summed E-state index contributed by atoms with van der Waals surface area (Å²) in [6, 6.07) is 16.5. The predicted molar refractivity (Wildman–Crippen MR) is 195 cm³/mol. The molecule has 5 heterocycles. The lowest BCUT2D eigenvalue weighted by atomic mass is 10.1. The van der Waals surface area contributed by atoms with Crippen LogP contribution in [0.15, 0.2) is 72.0 Å². The van der Waals surface area contributed by atoms with Gasteiger partial charge in [-0.1, -0.05) is 12.1 Å². The highest BCUT2D eigenvalue weighted by molar-refractivity contribution is 6.04. The third-order valence-electron chi connectivity index (χ3n) is 9.37. The molecular weight excluding hydrogens is 650 g/mol. The van der Waals surface area contributed by atoms with Gasteiger partial charge in [-0.15, -0.1) is 0 Å². The van der Waals surface area contributed by atoms with Crippen LogP contribution in [0.4, 0.5) is 22.9 Å². The number of rotatable bonds is 11. The van der Waals surface area contributed by atoms with E-state index in [1.807, 2.05) is 60.8 Å². The molecule has 2 aromatic heterocycles. The molecule has 3 amide bonds. The maximum absolute atomic E-state index is 13.1. The molecule has 3 aliphatic heterocycles. The number of benzene rings is 2. The Hall–Kier alpha value is -5.69. The molecule has 0 unspecified atom stereocenters. The Morgan fingerprint density at radius 2 is 1.80 bits per heavy atom. The minimum absolute atomic E-state index is 0.0216. The summed E-state index contributed by atoms with van der Waals surface area (Å²) in [6.45, 7) is 4.03. The largest absolute Gasteiger partial charge is 0.493 e. The van der Waals surface area contributed by atoms with Crippen LogP contribution in [0.25, 0.3) is 11.1 Å². The Labute approximate surface area is 296 Å². The number of nitrogens with one attached hydrogen (secondary N) is 2. The van der Waals surface area contributed by atoms with Crippen molar-refractivity contribution in [1.29, 1.82) is 0 Å². The third kappa shape index (κ3) is 7.58. The number of carbonyl (C=O) groups is 3. The van der Waals surface area contributed by atoms with E-state index in [2.05, 4.69) is 25.5 Å². The second-order valence-electron chi connectivity index (χ2n) is 12.8. The maximum Gasteiger partial charge on any atom is 0.273 e. The fourth-order valence-corrected chi connectivity index (χ4v) is 6.60. The first-order chi connectivity index (χ1) is 24.9. The zero-order valence-corrected chi connectivity index (χ0v) is 28.8. The van der Waals surface area contributed by atoms with Crippen LogP contribution in [0.3, 0.4) is 0 Å². The third-order valence-corrected chi connectivity index (χ3v) is 9.37. The van der Waals surface area contributed by atoms with E-state index in [0.29, 0.717) is 59.6 Å². The molecule has 2 saturated heterocycles. The second-order valence-corrected chi connectivity index (χ2v) is 12.8. The number of amides is 3. The molecule has 7 rings (SSSR count). The fraction of sp³-hybridized carbons (Fsp3) is 0.342. The molecule has 264 valence electrons. The van der Waals surface area contributed by atoms with Crippen LogP contribution in [0.5, 0.6) is 11.5 Å². The van der Waals surface area contributed by atoms with E-state index in [1.54, 1.807) is 29.0 Å². The number of morpholine rings is 1. The highest BCUT2D eigenvalue weighted by Crippen LogP contribution is 2.38.